The van der Waals surface area contributed by atoms with Gasteiger partial charge in [-0.15, -0.1) is 6.58 Å². The van der Waals surface area contributed by atoms with E-state index in [9.17, 15) is 9.59 Å². The van der Waals surface area contributed by atoms with Crippen LogP contribution in [-0.4, -0.2) is 55.9 Å². The molecule has 2 aliphatic rings. The van der Waals surface area contributed by atoms with Crippen LogP contribution < -0.4 is 0 Å². The van der Waals surface area contributed by atoms with Gasteiger partial charge in [0.05, 0.1) is 24.3 Å². The first-order valence-electron chi connectivity index (χ1n) is 12.4. The average molecular weight is 517 g/mol. The van der Waals surface area contributed by atoms with E-state index in [0.717, 1.165) is 5.56 Å². The zero-order valence-corrected chi connectivity index (χ0v) is 20.6. The maximum Gasteiger partial charge on any atom is 0.338 e. The van der Waals surface area contributed by atoms with Crippen LogP contribution in [-0.2, 0) is 28.4 Å². The van der Waals surface area contributed by atoms with Gasteiger partial charge in [-0.05, 0) is 24.3 Å². The smallest absolute Gasteiger partial charge is 0.338 e. The number of benzene rings is 3. The molecule has 3 aromatic rings. The quantitative estimate of drug-likeness (QED) is 0.320. The third kappa shape index (κ3) is 5.84. The van der Waals surface area contributed by atoms with E-state index in [0.29, 0.717) is 11.1 Å². The van der Waals surface area contributed by atoms with Crippen molar-refractivity contribution in [1.82, 2.24) is 0 Å². The zero-order chi connectivity index (χ0) is 26.3. The number of carbonyl (C=O) groups is 2. The molecular weight excluding hydrogens is 488 g/mol. The summed E-state index contributed by atoms with van der Waals surface area (Å²) in [6, 6.07) is 26.5. The molecule has 0 amide bonds. The highest BCUT2D eigenvalue weighted by Crippen LogP contribution is 2.37. The Balaban J connectivity index is 1.48. The number of hydrogen-bond donors (Lipinski definition) is 0. The molecule has 196 valence electrons. The number of fused-ring (bicyclic) bond motifs is 1. The predicted octanol–water partition coefficient (Wildman–Crippen LogP) is 4.48. The van der Waals surface area contributed by atoms with Gasteiger partial charge in [-0.3, -0.25) is 0 Å². The number of esters is 2. The van der Waals surface area contributed by atoms with Gasteiger partial charge in [-0.2, -0.15) is 0 Å². The van der Waals surface area contributed by atoms with Crippen LogP contribution in [0.5, 0.6) is 0 Å². The lowest BCUT2D eigenvalue weighted by Crippen LogP contribution is -2.64. The molecule has 0 spiro atoms. The van der Waals surface area contributed by atoms with Crippen molar-refractivity contribution in [3.63, 3.8) is 0 Å². The average Bonchev–Trinajstić information content (AvgIpc) is 2.98. The number of carbonyl (C=O) groups excluding carboxylic acids is 2. The van der Waals surface area contributed by atoms with Crippen LogP contribution in [0, 0.1) is 0 Å². The molecule has 3 aromatic carbocycles. The fraction of sp³-hybridized carbons (Fsp3) is 0.267. The second kappa shape index (κ2) is 12.1. The molecule has 0 aliphatic carbocycles. The van der Waals surface area contributed by atoms with Gasteiger partial charge in [-0.25, -0.2) is 9.59 Å². The fourth-order valence-corrected chi connectivity index (χ4v) is 4.41. The molecule has 2 saturated heterocycles. The van der Waals surface area contributed by atoms with Crippen molar-refractivity contribution in [2.24, 2.45) is 0 Å². The van der Waals surface area contributed by atoms with Crippen molar-refractivity contribution in [2.45, 2.75) is 37.0 Å². The topological polar surface area (TPSA) is 89.5 Å². The first-order chi connectivity index (χ1) is 18.6. The molecule has 0 saturated carbocycles. The summed E-state index contributed by atoms with van der Waals surface area (Å²) in [6.45, 7) is 3.96. The lowest BCUT2D eigenvalue weighted by atomic mass is 9.97. The lowest BCUT2D eigenvalue weighted by molar-refractivity contribution is -0.358. The second-order valence-electron chi connectivity index (χ2n) is 8.81. The van der Waals surface area contributed by atoms with E-state index >= 15 is 0 Å². The third-order valence-corrected chi connectivity index (χ3v) is 6.24. The molecule has 2 aliphatic heterocycles. The van der Waals surface area contributed by atoms with Gasteiger partial charge >= 0.3 is 11.9 Å². The van der Waals surface area contributed by atoms with Crippen LogP contribution in [0.2, 0.25) is 0 Å². The van der Waals surface area contributed by atoms with E-state index in [1.54, 1.807) is 66.7 Å². The maximum atomic E-state index is 13.2. The minimum atomic E-state index is -1.13. The molecule has 8 heteroatoms. The van der Waals surface area contributed by atoms with Crippen molar-refractivity contribution in [3.05, 3.63) is 120 Å². The fourth-order valence-electron chi connectivity index (χ4n) is 4.41. The summed E-state index contributed by atoms with van der Waals surface area (Å²) in [5.74, 6) is -1.21. The van der Waals surface area contributed by atoms with Gasteiger partial charge in [-0.1, -0.05) is 72.8 Å². The van der Waals surface area contributed by atoms with Gasteiger partial charge in [0.25, 0.3) is 0 Å². The number of hydrogen-bond acceptors (Lipinski definition) is 8. The Kier molecular flexibility index (Phi) is 8.25. The van der Waals surface area contributed by atoms with Crippen molar-refractivity contribution in [2.75, 3.05) is 13.2 Å². The van der Waals surface area contributed by atoms with Gasteiger partial charge in [0.2, 0.25) is 0 Å². The minimum Gasteiger partial charge on any atom is -0.452 e. The van der Waals surface area contributed by atoms with Gasteiger partial charge in [0.1, 0.15) is 12.2 Å². The minimum absolute atomic E-state index is 0.120. The number of ether oxygens (including phenoxy) is 6. The summed E-state index contributed by atoms with van der Waals surface area (Å²) in [5.41, 5.74) is 1.47. The SMILES string of the molecule is C=CCO[C@H]1O[C@@H]2COC(c3ccccc3)O[C@H]2[C@H](OC(=O)c2ccccc2)[C@H]1OC(=O)c1ccccc1. The van der Waals surface area contributed by atoms with Crippen LogP contribution in [0.4, 0.5) is 0 Å². The molecule has 2 heterocycles. The molecule has 0 bridgehead atoms. The van der Waals surface area contributed by atoms with E-state index in [2.05, 4.69) is 6.58 Å². The molecule has 0 N–H and O–H groups in total. The van der Waals surface area contributed by atoms with Crippen LogP contribution in [0.3, 0.4) is 0 Å². The Bertz CT molecular complexity index is 1220. The van der Waals surface area contributed by atoms with Crippen LogP contribution in [0.15, 0.2) is 104 Å². The summed E-state index contributed by atoms with van der Waals surface area (Å²) in [6.07, 6.45) is -3.88. The Hall–Kier alpha value is -3.82. The standard InChI is InChI=1S/C30H28O8/c1-2-18-33-30-26(37-28(32)21-14-8-4-9-15-21)25(36-27(31)20-12-6-3-7-13-20)24-23(35-30)19-34-29(38-24)22-16-10-5-11-17-22/h2-17,23-26,29-30H,1,18-19H2/t23-,24-,25+,26-,29?,30+/m1/s1. The highest BCUT2D eigenvalue weighted by Gasteiger charge is 2.54. The largest absolute Gasteiger partial charge is 0.452 e. The summed E-state index contributed by atoms with van der Waals surface area (Å²) < 4.78 is 36.2. The Morgan fingerprint density at radius 1 is 0.789 bits per heavy atom. The van der Waals surface area contributed by atoms with E-state index < -0.39 is 48.9 Å². The van der Waals surface area contributed by atoms with E-state index in [1.165, 1.54) is 0 Å². The Morgan fingerprint density at radius 3 is 1.92 bits per heavy atom. The summed E-state index contributed by atoms with van der Waals surface area (Å²) in [7, 11) is 0. The summed E-state index contributed by atoms with van der Waals surface area (Å²) in [4.78, 5) is 26.3. The van der Waals surface area contributed by atoms with Gasteiger partial charge in [0, 0.05) is 5.56 Å². The summed E-state index contributed by atoms with van der Waals surface area (Å²) in [5, 5.41) is 0. The van der Waals surface area contributed by atoms with E-state index in [1.807, 2.05) is 30.3 Å². The van der Waals surface area contributed by atoms with Crippen LogP contribution in [0.1, 0.15) is 32.6 Å². The Morgan fingerprint density at radius 2 is 1.34 bits per heavy atom. The first kappa shape index (κ1) is 25.8. The van der Waals surface area contributed by atoms with Gasteiger partial charge in [0.15, 0.2) is 24.8 Å². The molecule has 0 aromatic heterocycles. The van der Waals surface area contributed by atoms with Crippen molar-refractivity contribution < 1.29 is 38.0 Å². The second-order valence-corrected chi connectivity index (χ2v) is 8.81. The molecule has 0 radical (unpaired) electrons. The molecule has 6 atom stereocenters. The van der Waals surface area contributed by atoms with E-state index in [4.69, 9.17) is 28.4 Å². The molecule has 2 fully saturated rings. The molecular formula is C30H28O8. The summed E-state index contributed by atoms with van der Waals surface area (Å²) >= 11 is 0. The van der Waals surface area contributed by atoms with Crippen molar-refractivity contribution >= 4 is 11.9 Å². The molecule has 5 rings (SSSR count). The monoisotopic (exact) mass is 516 g/mol. The predicted molar refractivity (Wildman–Crippen MR) is 136 cm³/mol. The normalized spacial score (nSPS) is 26.5. The van der Waals surface area contributed by atoms with Crippen LogP contribution >= 0.6 is 0 Å². The highest BCUT2D eigenvalue weighted by atomic mass is 16.8. The van der Waals surface area contributed by atoms with Crippen LogP contribution in [0.25, 0.3) is 0 Å². The van der Waals surface area contributed by atoms with Crippen molar-refractivity contribution in [3.8, 4) is 0 Å². The molecule has 8 nitrogen and oxygen atoms in total. The highest BCUT2D eigenvalue weighted by molar-refractivity contribution is 5.90. The first-order valence-corrected chi connectivity index (χ1v) is 12.4. The van der Waals surface area contributed by atoms with Gasteiger partial charge < -0.3 is 28.4 Å². The third-order valence-electron chi connectivity index (χ3n) is 6.24. The maximum absolute atomic E-state index is 13.2. The molecule has 1 unspecified atom stereocenters. The molecule has 38 heavy (non-hydrogen) atoms. The van der Waals surface area contributed by atoms with E-state index in [-0.39, 0.29) is 13.2 Å². The van der Waals surface area contributed by atoms with Crippen molar-refractivity contribution in [1.29, 1.82) is 0 Å². The Labute approximate surface area is 220 Å². The zero-order valence-electron chi connectivity index (χ0n) is 20.6. The number of rotatable bonds is 8. The lowest BCUT2D eigenvalue weighted by Gasteiger charge is -2.48.